The average molecular weight is 271 g/mol. The fraction of sp³-hybridized carbons (Fsp3) is 0.529. The van der Waals surface area contributed by atoms with Crippen molar-refractivity contribution in [3.8, 4) is 0 Å². The van der Waals surface area contributed by atoms with E-state index in [1.165, 1.54) is 34.9 Å². The second kappa shape index (κ2) is 4.32. The molecule has 1 heterocycles. The topological polar surface area (TPSA) is 26.0 Å². The molecule has 2 fully saturated rings. The van der Waals surface area contributed by atoms with Gasteiger partial charge in [0.15, 0.2) is 0 Å². The van der Waals surface area contributed by atoms with Crippen molar-refractivity contribution in [3.63, 3.8) is 0 Å². The molecule has 2 N–H and O–H groups in total. The molecule has 2 heteroatoms. The Hall–Kier alpha value is -0.860. The zero-order chi connectivity index (χ0) is 13.0. The van der Waals surface area contributed by atoms with Crippen molar-refractivity contribution in [2.45, 2.75) is 32.1 Å². The Morgan fingerprint density at radius 1 is 1.26 bits per heavy atom. The van der Waals surface area contributed by atoms with Gasteiger partial charge in [-0.25, -0.2) is 0 Å². The molecule has 0 unspecified atom stereocenters. The van der Waals surface area contributed by atoms with E-state index in [0.29, 0.717) is 0 Å². The Balaban J connectivity index is 1.79. The lowest BCUT2D eigenvalue weighted by Gasteiger charge is -2.30. The zero-order valence-corrected chi connectivity index (χ0v) is 12.2. The molecule has 0 amide bonds. The van der Waals surface area contributed by atoms with Crippen molar-refractivity contribution in [3.05, 3.63) is 34.7 Å². The van der Waals surface area contributed by atoms with Crippen LogP contribution in [0.4, 0.5) is 0 Å². The van der Waals surface area contributed by atoms with Gasteiger partial charge in [0.25, 0.3) is 0 Å². The van der Waals surface area contributed by atoms with Crippen LogP contribution in [0.25, 0.3) is 10.1 Å². The Labute approximate surface area is 118 Å². The molecule has 2 bridgehead atoms. The van der Waals surface area contributed by atoms with E-state index in [2.05, 4.69) is 30.5 Å². The van der Waals surface area contributed by atoms with Gasteiger partial charge in [0.2, 0.25) is 0 Å². The molecule has 2 saturated carbocycles. The maximum atomic E-state index is 6.07. The first-order chi connectivity index (χ1) is 9.28. The third-order valence-electron chi connectivity index (χ3n) is 5.54. The van der Waals surface area contributed by atoms with Crippen LogP contribution in [0, 0.1) is 24.7 Å². The van der Waals surface area contributed by atoms with E-state index in [4.69, 9.17) is 5.73 Å². The minimum atomic E-state index is 0.729. The molecule has 2 aliphatic carbocycles. The predicted molar refractivity (Wildman–Crippen MR) is 82.7 cm³/mol. The van der Waals surface area contributed by atoms with Gasteiger partial charge in [-0.05, 0) is 90.4 Å². The summed E-state index contributed by atoms with van der Waals surface area (Å²) in [5.74, 6) is 3.26. The number of hydrogen-bond donors (Lipinski definition) is 1. The summed E-state index contributed by atoms with van der Waals surface area (Å²) in [4.78, 5) is 0. The van der Waals surface area contributed by atoms with Crippen LogP contribution in [0.3, 0.4) is 0 Å². The third kappa shape index (κ3) is 1.70. The van der Waals surface area contributed by atoms with E-state index in [-0.39, 0.29) is 0 Å². The number of rotatable bonds is 2. The van der Waals surface area contributed by atoms with E-state index in [1.807, 2.05) is 11.3 Å². The maximum absolute atomic E-state index is 6.07. The number of nitrogens with two attached hydrogens (primary N) is 1. The third-order valence-corrected chi connectivity index (χ3v) is 6.62. The summed E-state index contributed by atoms with van der Waals surface area (Å²) in [6.07, 6.45) is 4.27. The largest absolute Gasteiger partial charge is 0.330 e. The SMILES string of the molecule is Cc1csc2ccc([C@@H]3[C@H]4CC[C@H](C4)[C@H]3CN)cc12. The van der Waals surface area contributed by atoms with Gasteiger partial charge in [-0.1, -0.05) is 6.07 Å². The molecular formula is C17H21NS. The van der Waals surface area contributed by atoms with Crippen molar-refractivity contribution in [2.24, 2.45) is 23.5 Å². The molecule has 2 aromatic rings. The molecule has 1 nitrogen and oxygen atoms in total. The van der Waals surface area contributed by atoms with Gasteiger partial charge in [0, 0.05) is 4.70 Å². The highest BCUT2D eigenvalue weighted by molar-refractivity contribution is 7.17. The van der Waals surface area contributed by atoms with E-state index in [1.54, 1.807) is 5.56 Å². The van der Waals surface area contributed by atoms with E-state index < -0.39 is 0 Å². The van der Waals surface area contributed by atoms with Gasteiger partial charge in [0.1, 0.15) is 0 Å². The first-order valence-corrected chi connectivity index (χ1v) is 8.33. The van der Waals surface area contributed by atoms with Crippen LogP contribution in [0.1, 0.15) is 36.3 Å². The second-order valence-corrected chi connectivity index (χ2v) is 7.34. The Bertz CT molecular complexity index is 615. The molecule has 4 rings (SSSR count). The first-order valence-electron chi connectivity index (χ1n) is 7.45. The van der Waals surface area contributed by atoms with Crippen molar-refractivity contribution in [2.75, 3.05) is 6.54 Å². The van der Waals surface area contributed by atoms with Crippen LogP contribution < -0.4 is 5.73 Å². The highest BCUT2D eigenvalue weighted by atomic mass is 32.1. The lowest BCUT2D eigenvalue weighted by molar-refractivity contribution is 0.295. The normalized spacial score (nSPS) is 33.4. The zero-order valence-electron chi connectivity index (χ0n) is 11.4. The van der Waals surface area contributed by atoms with E-state index >= 15 is 0 Å². The summed E-state index contributed by atoms with van der Waals surface area (Å²) in [6, 6.07) is 7.14. The van der Waals surface area contributed by atoms with Crippen molar-refractivity contribution in [1.29, 1.82) is 0 Å². The predicted octanol–water partition coefficient (Wildman–Crippen LogP) is 4.30. The van der Waals surface area contributed by atoms with Gasteiger partial charge in [-0.3, -0.25) is 0 Å². The number of hydrogen-bond acceptors (Lipinski definition) is 2. The minimum absolute atomic E-state index is 0.729. The highest BCUT2D eigenvalue weighted by Gasteiger charge is 2.47. The van der Waals surface area contributed by atoms with Crippen LogP contribution in [-0.4, -0.2) is 6.54 Å². The summed E-state index contributed by atoms with van der Waals surface area (Å²) >= 11 is 1.86. The summed E-state index contributed by atoms with van der Waals surface area (Å²) < 4.78 is 1.42. The van der Waals surface area contributed by atoms with Crippen LogP contribution in [0.5, 0.6) is 0 Å². The quantitative estimate of drug-likeness (QED) is 0.866. The standard InChI is InChI=1S/C17H21NS/c1-10-9-19-16-5-4-13(7-14(10)16)17-12-3-2-11(6-12)15(17)8-18/h4-5,7,9,11-12,15,17H,2-3,6,8,18H2,1H3/t11-,12+,15-,17+/m1/s1. The lowest BCUT2D eigenvalue weighted by atomic mass is 9.75. The van der Waals surface area contributed by atoms with Gasteiger partial charge < -0.3 is 5.73 Å². The Morgan fingerprint density at radius 2 is 2.11 bits per heavy atom. The minimum Gasteiger partial charge on any atom is -0.330 e. The van der Waals surface area contributed by atoms with Crippen molar-refractivity contribution in [1.82, 2.24) is 0 Å². The number of fused-ring (bicyclic) bond motifs is 3. The van der Waals surface area contributed by atoms with E-state index in [9.17, 15) is 0 Å². The monoisotopic (exact) mass is 271 g/mol. The lowest BCUT2D eigenvalue weighted by Crippen LogP contribution is -2.27. The first kappa shape index (κ1) is 11.9. The summed E-state index contributed by atoms with van der Waals surface area (Å²) in [6.45, 7) is 3.09. The number of thiophene rings is 1. The molecule has 0 spiro atoms. The van der Waals surface area contributed by atoms with Crippen LogP contribution in [0.2, 0.25) is 0 Å². The molecular weight excluding hydrogens is 250 g/mol. The summed E-state index contributed by atoms with van der Waals surface area (Å²) in [5.41, 5.74) is 9.05. The molecule has 0 radical (unpaired) electrons. The highest BCUT2D eigenvalue weighted by Crippen LogP contribution is 2.56. The van der Waals surface area contributed by atoms with Crippen LogP contribution in [0.15, 0.2) is 23.6 Å². The maximum Gasteiger partial charge on any atom is 0.0345 e. The molecule has 1 aromatic heterocycles. The van der Waals surface area contributed by atoms with Gasteiger partial charge >= 0.3 is 0 Å². The molecule has 19 heavy (non-hydrogen) atoms. The molecule has 0 aliphatic heterocycles. The fourth-order valence-electron chi connectivity index (χ4n) is 4.65. The summed E-state index contributed by atoms with van der Waals surface area (Å²) in [7, 11) is 0. The molecule has 100 valence electrons. The van der Waals surface area contributed by atoms with Crippen LogP contribution >= 0.6 is 11.3 Å². The molecule has 4 atom stereocenters. The average Bonchev–Trinajstić information content (AvgIpc) is 3.12. The molecule has 1 aromatic carbocycles. The number of aryl methyl sites for hydroxylation is 1. The second-order valence-electron chi connectivity index (χ2n) is 6.43. The van der Waals surface area contributed by atoms with Crippen molar-refractivity contribution >= 4 is 21.4 Å². The molecule has 2 aliphatic rings. The van der Waals surface area contributed by atoms with Gasteiger partial charge in [-0.2, -0.15) is 0 Å². The van der Waals surface area contributed by atoms with Crippen LogP contribution in [-0.2, 0) is 0 Å². The number of benzene rings is 1. The van der Waals surface area contributed by atoms with Gasteiger partial charge in [-0.15, -0.1) is 11.3 Å². The smallest absolute Gasteiger partial charge is 0.0345 e. The van der Waals surface area contributed by atoms with E-state index in [0.717, 1.165) is 30.2 Å². The summed E-state index contributed by atoms with van der Waals surface area (Å²) in [5, 5.41) is 3.73. The Morgan fingerprint density at radius 3 is 2.95 bits per heavy atom. The van der Waals surface area contributed by atoms with Crippen molar-refractivity contribution < 1.29 is 0 Å². The fourth-order valence-corrected chi connectivity index (χ4v) is 5.57. The Kier molecular flexibility index (Phi) is 2.71. The van der Waals surface area contributed by atoms with Gasteiger partial charge in [0.05, 0.1) is 0 Å². The molecule has 0 saturated heterocycles.